The van der Waals surface area contributed by atoms with Crippen LogP contribution >= 0.6 is 0 Å². The van der Waals surface area contributed by atoms with E-state index in [1.807, 2.05) is 12.3 Å². The van der Waals surface area contributed by atoms with Crippen LogP contribution in [-0.2, 0) is 6.42 Å². The molecule has 0 spiro atoms. The Hall–Kier alpha value is -2.35. The van der Waals surface area contributed by atoms with E-state index >= 15 is 0 Å². The Morgan fingerprint density at radius 2 is 1.89 bits per heavy atom. The van der Waals surface area contributed by atoms with E-state index in [4.69, 9.17) is 0 Å². The molecule has 0 saturated carbocycles. The molecule has 0 unspecified atom stereocenters. The second-order valence-corrected chi connectivity index (χ2v) is 4.97. The first kappa shape index (κ1) is 10.6. The number of hydrogen-bond donors (Lipinski definition) is 0. The Morgan fingerprint density at radius 1 is 1.05 bits per heavy atom. The molecule has 19 heavy (non-hydrogen) atoms. The smallest absolute Gasteiger partial charge is 0.182 e. The van der Waals surface area contributed by atoms with Crippen LogP contribution in [0.15, 0.2) is 53.5 Å². The largest absolute Gasteiger partial charge is 0.316 e. The number of aromatic nitrogens is 1. The second kappa shape index (κ2) is 3.82. The van der Waals surface area contributed by atoms with Gasteiger partial charge in [-0.15, -0.1) is 0 Å². The van der Waals surface area contributed by atoms with Crippen LogP contribution in [0.5, 0.6) is 0 Å². The maximum Gasteiger partial charge on any atom is 0.182 e. The van der Waals surface area contributed by atoms with Crippen molar-refractivity contribution in [3.05, 3.63) is 70.2 Å². The fourth-order valence-electron chi connectivity index (χ4n) is 3.02. The van der Waals surface area contributed by atoms with Gasteiger partial charge in [0.05, 0.1) is 5.52 Å². The second-order valence-electron chi connectivity index (χ2n) is 4.97. The number of hydrogen-bond acceptors (Lipinski definition) is 1. The lowest BCUT2D eigenvalue weighted by molar-refractivity contribution is 0.960. The van der Waals surface area contributed by atoms with Crippen molar-refractivity contribution in [2.24, 2.45) is 0 Å². The fraction of sp³-hybridized carbons (Fsp3) is 0.118. The molecule has 2 nitrogen and oxygen atoms in total. The van der Waals surface area contributed by atoms with Crippen molar-refractivity contribution >= 4 is 22.4 Å². The molecule has 1 aliphatic rings. The Morgan fingerprint density at radius 3 is 2.79 bits per heavy atom. The van der Waals surface area contributed by atoms with Crippen LogP contribution in [0.25, 0.3) is 22.4 Å². The standard InChI is InChI=1S/C17H13NO/c19-12-9-10-18-16-8-4-3-6-14(16)13-5-1-2-7-15(13)17(18)11-12/h1-2,4-5,7-11H,3,6H2. The maximum atomic E-state index is 11.7. The third-order valence-corrected chi connectivity index (χ3v) is 3.86. The SMILES string of the molecule is O=c1ccn2c3c(c4ccccc4c2c1)CCC=C3. The minimum absolute atomic E-state index is 0.0601. The molecule has 2 heterocycles. The van der Waals surface area contributed by atoms with Crippen molar-refractivity contribution in [1.29, 1.82) is 0 Å². The summed E-state index contributed by atoms with van der Waals surface area (Å²) >= 11 is 0. The average molecular weight is 247 g/mol. The number of nitrogens with zero attached hydrogens (tertiary/aromatic N) is 1. The van der Waals surface area contributed by atoms with Crippen molar-refractivity contribution in [1.82, 2.24) is 4.40 Å². The Labute approximate surface area is 110 Å². The number of rotatable bonds is 0. The predicted octanol–water partition coefficient (Wildman–Crippen LogP) is 3.41. The summed E-state index contributed by atoms with van der Waals surface area (Å²) in [5.41, 5.74) is 3.65. The van der Waals surface area contributed by atoms with Gasteiger partial charge in [0.25, 0.3) is 0 Å². The lowest BCUT2D eigenvalue weighted by atomic mass is 9.95. The zero-order valence-corrected chi connectivity index (χ0v) is 10.5. The van der Waals surface area contributed by atoms with E-state index in [2.05, 4.69) is 34.8 Å². The minimum atomic E-state index is 0.0601. The van der Waals surface area contributed by atoms with Crippen LogP contribution in [0, 0.1) is 0 Å². The quantitative estimate of drug-likeness (QED) is 0.558. The van der Waals surface area contributed by atoms with E-state index in [9.17, 15) is 4.79 Å². The molecule has 1 aromatic carbocycles. The van der Waals surface area contributed by atoms with E-state index in [1.165, 1.54) is 16.6 Å². The van der Waals surface area contributed by atoms with Gasteiger partial charge in [0.1, 0.15) is 0 Å². The molecule has 4 rings (SSSR count). The Bertz CT molecular complexity index is 887. The van der Waals surface area contributed by atoms with E-state index < -0.39 is 0 Å². The lowest BCUT2D eigenvalue weighted by Gasteiger charge is -2.18. The molecule has 0 atom stereocenters. The molecule has 2 heteroatoms. The highest BCUT2D eigenvalue weighted by Gasteiger charge is 2.13. The van der Waals surface area contributed by atoms with Gasteiger partial charge in [0.2, 0.25) is 0 Å². The van der Waals surface area contributed by atoms with Gasteiger partial charge < -0.3 is 4.40 Å². The third kappa shape index (κ3) is 1.46. The summed E-state index contributed by atoms with van der Waals surface area (Å²) < 4.78 is 2.13. The molecular weight excluding hydrogens is 234 g/mol. The third-order valence-electron chi connectivity index (χ3n) is 3.86. The maximum absolute atomic E-state index is 11.7. The molecule has 0 amide bonds. The topological polar surface area (TPSA) is 21.5 Å². The Kier molecular flexibility index (Phi) is 2.12. The van der Waals surface area contributed by atoms with Crippen molar-refractivity contribution in [2.45, 2.75) is 12.8 Å². The summed E-state index contributed by atoms with van der Waals surface area (Å²) in [5, 5.41) is 2.43. The van der Waals surface area contributed by atoms with Gasteiger partial charge in [-0.1, -0.05) is 30.3 Å². The van der Waals surface area contributed by atoms with E-state index in [0.29, 0.717) is 0 Å². The zero-order chi connectivity index (χ0) is 12.8. The molecule has 0 fully saturated rings. The number of pyridine rings is 2. The molecule has 92 valence electrons. The molecular formula is C17H13NO. The highest BCUT2D eigenvalue weighted by Crippen LogP contribution is 2.30. The summed E-state index contributed by atoms with van der Waals surface area (Å²) in [7, 11) is 0. The van der Waals surface area contributed by atoms with E-state index in [1.54, 1.807) is 12.1 Å². The molecule has 0 radical (unpaired) electrons. The van der Waals surface area contributed by atoms with Crippen molar-refractivity contribution < 1.29 is 0 Å². The molecule has 0 saturated heterocycles. The molecule has 3 aromatic rings. The summed E-state index contributed by atoms with van der Waals surface area (Å²) in [6.45, 7) is 0. The fourth-order valence-corrected chi connectivity index (χ4v) is 3.02. The van der Waals surface area contributed by atoms with Gasteiger partial charge in [-0.25, -0.2) is 0 Å². The van der Waals surface area contributed by atoms with Crippen LogP contribution in [0.4, 0.5) is 0 Å². The van der Waals surface area contributed by atoms with Crippen LogP contribution in [0.1, 0.15) is 17.7 Å². The Balaban J connectivity index is 2.34. The van der Waals surface area contributed by atoms with E-state index in [-0.39, 0.29) is 5.43 Å². The first-order valence-electron chi connectivity index (χ1n) is 6.57. The molecule has 2 aromatic heterocycles. The summed E-state index contributed by atoms with van der Waals surface area (Å²) in [6, 6.07) is 11.7. The lowest BCUT2D eigenvalue weighted by Crippen LogP contribution is -2.08. The first-order valence-corrected chi connectivity index (χ1v) is 6.57. The van der Waals surface area contributed by atoms with Gasteiger partial charge in [-0.3, -0.25) is 4.79 Å². The van der Waals surface area contributed by atoms with Crippen molar-refractivity contribution in [3.8, 4) is 0 Å². The summed E-state index contributed by atoms with van der Waals surface area (Å²) in [5.74, 6) is 0. The van der Waals surface area contributed by atoms with Gasteiger partial charge in [0.15, 0.2) is 5.43 Å². The highest BCUT2D eigenvalue weighted by atomic mass is 16.1. The summed E-state index contributed by atoms with van der Waals surface area (Å²) in [6.07, 6.45) is 8.41. The van der Waals surface area contributed by atoms with Crippen LogP contribution in [0.3, 0.4) is 0 Å². The molecule has 0 aliphatic heterocycles. The monoisotopic (exact) mass is 247 g/mol. The van der Waals surface area contributed by atoms with Crippen molar-refractivity contribution in [3.63, 3.8) is 0 Å². The van der Waals surface area contributed by atoms with Gasteiger partial charge in [0, 0.05) is 29.4 Å². The highest BCUT2D eigenvalue weighted by molar-refractivity contribution is 5.99. The normalized spacial score (nSPS) is 13.9. The van der Waals surface area contributed by atoms with E-state index in [0.717, 1.165) is 23.7 Å². The summed E-state index contributed by atoms with van der Waals surface area (Å²) in [4.78, 5) is 11.7. The van der Waals surface area contributed by atoms with Gasteiger partial charge in [-0.2, -0.15) is 0 Å². The van der Waals surface area contributed by atoms with Crippen LogP contribution in [-0.4, -0.2) is 4.40 Å². The zero-order valence-electron chi connectivity index (χ0n) is 10.5. The minimum Gasteiger partial charge on any atom is -0.316 e. The number of allylic oxidation sites excluding steroid dienone is 1. The predicted molar refractivity (Wildman–Crippen MR) is 78.5 cm³/mol. The number of aryl methyl sites for hydroxylation is 1. The first-order chi connectivity index (χ1) is 9.34. The average Bonchev–Trinajstić information content (AvgIpc) is 2.47. The van der Waals surface area contributed by atoms with Gasteiger partial charge >= 0.3 is 0 Å². The molecule has 0 bridgehead atoms. The number of fused-ring (bicyclic) bond motifs is 6. The molecule has 0 N–H and O–H groups in total. The van der Waals surface area contributed by atoms with Crippen LogP contribution in [0.2, 0.25) is 0 Å². The number of benzene rings is 1. The van der Waals surface area contributed by atoms with Crippen LogP contribution < -0.4 is 5.43 Å². The van der Waals surface area contributed by atoms with Gasteiger partial charge in [-0.05, 0) is 29.9 Å². The van der Waals surface area contributed by atoms with Crippen molar-refractivity contribution in [2.75, 3.05) is 0 Å². The molecule has 1 aliphatic carbocycles.